The van der Waals surface area contributed by atoms with Crippen LogP contribution in [0, 0.1) is 18.3 Å². The van der Waals surface area contributed by atoms with Gasteiger partial charge in [0.2, 0.25) is 0 Å². The maximum atomic E-state index is 8.63. The predicted molar refractivity (Wildman–Crippen MR) is 90.9 cm³/mol. The van der Waals surface area contributed by atoms with E-state index in [0.29, 0.717) is 5.56 Å². The highest BCUT2D eigenvalue weighted by Gasteiger charge is 1.99. The molecule has 2 aromatic heterocycles. The Bertz CT molecular complexity index is 1020. The molecule has 0 fully saturated rings. The van der Waals surface area contributed by atoms with Gasteiger partial charge < -0.3 is 0 Å². The molecule has 0 aliphatic carbocycles. The fraction of sp³-hybridized carbons (Fsp3) is 0.167. The summed E-state index contributed by atoms with van der Waals surface area (Å²) in [7, 11) is 3.84. The average molecular weight is 303 g/mol. The molecule has 0 N–H and O–H groups in total. The molecular formula is C18H17N5. The molecule has 4 rings (SSSR count). The highest BCUT2D eigenvalue weighted by atomic mass is 15.3. The van der Waals surface area contributed by atoms with Crippen molar-refractivity contribution >= 4 is 21.8 Å². The first-order valence-corrected chi connectivity index (χ1v) is 7.29. The Kier molecular flexibility index (Phi) is 3.82. The summed E-state index contributed by atoms with van der Waals surface area (Å²) in [5, 5.41) is 19.1. The van der Waals surface area contributed by atoms with E-state index in [4.69, 9.17) is 5.26 Å². The molecule has 0 saturated carbocycles. The van der Waals surface area contributed by atoms with Crippen molar-refractivity contribution in [3.05, 3.63) is 59.9 Å². The van der Waals surface area contributed by atoms with Crippen LogP contribution in [0.3, 0.4) is 0 Å². The Labute approximate surface area is 134 Å². The lowest BCUT2D eigenvalue weighted by Crippen LogP contribution is -1.87. The molecule has 5 heteroatoms. The number of aryl methyl sites for hydroxylation is 3. The molecule has 0 unspecified atom stereocenters. The van der Waals surface area contributed by atoms with E-state index in [-0.39, 0.29) is 0 Å². The van der Waals surface area contributed by atoms with Gasteiger partial charge >= 0.3 is 0 Å². The Hall–Kier alpha value is -3.13. The van der Waals surface area contributed by atoms with E-state index in [1.165, 1.54) is 16.5 Å². The number of nitrogens with zero attached hydrogens (tertiary/aromatic N) is 5. The second-order valence-corrected chi connectivity index (χ2v) is 5.48. The first-order chi connectivity index (χ1) is 11.1. The molecule has 0 amide bonds. The number of fused-ring (bicyclic) bond motifs is 2. The molecule has 114 valence electrons. The quantitative estimate of drug-likeness (QED) is 0.500. The minimum absolute atomic E-state index is 0.676. The van der Waals surface area contributed by atoms with Gasteiger partial charge in [-0.05, 0) is 37.3 Å². The fourth-order valence-electron chi connectivity index (χ4n) is 2.52. The third-order valence-electron chi connectivity index (χ3n) is 3.78. The van der Waals surface area contributed by atoms with Gasteiger partial charge in [0.1, 0.15) is 0 Å². The Morgan fingerprint density at radius 2 is 1.43 bits per heavy atom. The van der Waals surface area contributed by atoms with E-state index >= 15 is 0 Å². The van der Waals surface area contributed by atoms with Crippen LogP contribution in [0.5, 0.6) is 0 Å². The van der Waals surface area contributed by atoms with Gasteiger partial charge in [0.05, 0.1) is 35.1 Å². The summed E-state index contributed by atoms with van der Waals surface area (Å²) in [4.78, 5) is 0. The minimum Gasteiger partial charge on any atom is -0.268 e. The third-order valence-corrected chi connectivity index (χ3v) is 3.78. The summed E-state index contributed by atoms with van der Waals surface area (Å²) >= 11 is 0. The van der Waals surface area contributed by atoms with Crippen molar-refractivity contribution in [2.75, 3.05) is 0 Å². The molecule has 0 bridgehead atoms. The predicted octanol–water partition coefficient (Wildman–Crippen LogP) is 3.33. The monoisotopic (exact) mass is 303 g/mol. The van der Waals surface area contributed by atoms with Crippen LogP contribution in [-0.2, 0) is 14.1 Å². The second-order valence-electron chi connectivity index (χ2n) is 5.48. The van der Waals surface area contributed by atoms with E-state index in [2.05, 4.69) is 41.4 Å². The van der Waals surface area contributed by atoms with Crippen molar-refractivity contribution in [2.45, 2.75) is 6.92 Å². The molecule has 5 nitrogen and oxygen atoms in total. The number of nitriles is 1. The molecule has 0 radical (unpaired) electrons. The van der Waals surface area contributed by atoms with Crippen molar-refractivity contribution in [3.8, 4) is 6.07 Å². The summed E-state index contributed by atoms with van der Waals surface area (Å²) in [5.74, 6) is 0. The lowest BCUT2D eigenvalue weighted by atomic mass is 10.2. The molecule has 2 aromatic carbocycles. The molecule has 0 saturated heterocycles. The maximum absolute atomic E-state index is 8.63. The number of hydrogen-bond acceptors (Lipinski definition) is 3. The van der Waals surface area contributed by atoms with Crippen molar-refractivity contribution < 1.29 is 0 Å². The van der Waals surface area contributed by atoms with E-state index in [9.17, 15) is 0 Å². The molecular weight excluding hydrogens is 286 g/mol. The van der Waals surface area contributed by atoms with E-state index < -0.39 is 0 Å². The van der Waals surface area contributed by atoms with Crippen LogP contribution in [0.25, 0.3) is 21.8 Å². The average Bonchev–Trinajstić information content (AvgIpc) is 3.11. The minimum atomic E-state index is 0.676. The summed E-state index contributed by atoms with van der Waals surface area (Å²) in [5.41, 5.74) is 4.20. The molecule has 0 atom stereocenters. The van der Waals surface area contributed by atoms with Gasteiger partial charge in [0, 0.05) is 24.9 Å². The van der Waals surface area contributed by atoms with Crippen LogP contribution < -0.4 is 0 Å². The molecule has 0 spiro atoms. The molecule has 0 aliphatic heterocycles. The molecule has 4 aromatic rings. The van der Waals surface area contributed by atoms with Crippen molar-refractivity contribution in [1.29, 1.82) is 5.26 Å². The highest BCUT2D eigenvalue weighted by molar-refractivity contribution is 5.80. The van der Waals surface area contributed by atoms with Crippen LogP contribution >= 0.6 is 0 Å². The van der Waals surface area contributed by atoms with Crippen LogP contribution in [-0.4, -0.2) is 19.6 Å². The standard InChI is InChI=1S/C9H7N3.C9H10N2/c1-12-9-3-2-7(5-10)4-8(9)6-11-12;1-7-3-4-9-8(5-7)6-10-11(9)2/h2-4,6H,1H3;3-6H,1-2H3. The van der Waals surface area contributed by atoms with Crippen molar-refractivity contribution in [1.82, 2.24) is 19.6 Å². The third kappa shape index (κ3) is 2.92. The van der Waals surface area contributed by atoms with Crippen LogP contribution in [0.1, 0.15) is 11.1 Å². The summed E-state index contributed by atoms with van der Waals surface area (Å²) < 4.78 is 3.67. The smallest absolute Gasteiger partial charge is 0.0991 e. The Morgan fingerprint density at radius 1 is 0.870 bits per heavy atom. The number of hydrogen-bond donors (Lipinski definition) is 0. The zero-order valence-electron chi connectivity index (χ0n) is 13.4. The van der Waals surface area contributed by atoms with Gasteiger partial charge in [-0.1, -0.05) is 11.6 Å². The molecule has 23 heavy (non-hydrogen) atoms. The lowest BCUT2D eigenvalue weighted by Gasteiger charge is -1.93. The van der Waals surface area contributed by atoms with Crippen molar-refractivity contribution in [2.24, 2.45) is 14.1 Å². The molecule has 2 heterocycles. The number of benzene rings is 2. The van der Waals surface area contributed by atoms with Gasteiger partial charge in [-0.25, -0.2) is 0 Å². The van der Waals surface area contributed by atoms with Gasteiger partial charge in [0.15, 0.2) is 0 Å². The Balaban J connectivity index is 0.000000136. The van der Waals surface area contributed by atoms with E-state index in [0.717, 1.165) is 10.9 Å². The first-order valence-electron chi connectivity index (χ1n) is 7.29. The summed E-state index contributed by atoms with van der Waals surface area (Å²) in [6.45, 7) is 2.09. The largest absolute Gasteiger partial charge is 0.268 e. The van der Waals surface area contributed by atoms with Gasteiger partial charge in [-0.2, -0.15) is 15.5 Å². The molecule has 0 aliphatic rings. The normalized spacial score (nSPS) is 10.3. The Morgan fingerprint density at radius 3 is 2.04 bits per heavy atom. The van der Waals surface area contributed by atoms with Gasteiger partial charge in [-0.15, -0.1) is 0 Å². The van der Waals surface area contributed by atoms with Gasteiger partial charge in [0.25, 0.3) is 0 Å². The fourth-order valence-corrected chi connectivity index (χ4v) is 2.52. The van der Waals surface area contributed by atoms with Crippen LogP contribution in [0.2, 0.25) is 0 Å². The van der Waals surface area contributed by atoms with Crippen molar-refractivity contribution in [3.63, 3.8) is 0 Å². The first kappa shape index (κ1) is 14.8. The second kappa shape index (κ2) is 5.93. The van der Waals surface area contributed by atoms with E-state index in [1.54, 1.807) is 16.9 Å². The summed E-state index contributed by atoms with van der Waals surface area (Å²) in [6.07, 6.45) is 3.65. The van der Waals surface area contributed by atoms with E-state index in [1.807, 2.05) is 37.1 Å². The topological polar surface area (TPSA) is 59.4 Å². The lowest BCUT2D eigenvalue weighted by molar-refractivity contribution is 0.797. The number of aromatic nitrogens is 4. The number of rotatable bonds is 0. The van der Waals surface area contributed by atoms with Crippen LogP contribution in [0.4, 0.5) is 0 Å². The maximum Gasteiger partial charge on any atom is 0.0991 e. The van der Waals surface area contributed by atoms with Crippen LogP contribution in [0.15, 0.2) is 48.8 Å². The summed E-state index contributed by atoms with van der Waals surface area (Å²) in [6, 6.07) is 14.0. The zero-order valence-corrected chi connectivity index (χ0v) is 13.4. The van der Waals surface area contributed by atoms with Gasteiger partial charge in [-0.3, -0.25) is 9.36 Å². The SMILES string of the molecule is Cc1ccc2c(cnn2C)c1.Cn1ncc2cc(C#N)ccc21. The zero-order chi connectivity index (χ0) is 16.4. The highest BCUT2D eigenvalue weighted by Crippen LogP contribution is 2.14.